The van der Waals surface area contributed by atoms with E-state index in [1.807, 2.05) is 39.2 Å². The minimum absolute atomic E-state index is 0.0811. The van der Waals surface area contributed by atoms with E-state index in [1.165, 1.54) is 5.56 Å². The van der Waals surface area contributed by atoms with Crippen LogP contribution in [0.4, 0.5) is 0 Å². The van der Waals surface area contributed by atoms with E-state index in [4.69, 9.17) is 5.11 Å². The van der Waals surface area contributed by atoms with Gasteiger partial charge in [0.15, 0.2) is 4.96 Å². The number of hydrogen-bond acceptors (Lipinski definition) is 4. The van der Waals surface area contributed by atoms with Crippen molar-refractivity contribution in [2.45, 2.75) is 25.9 Å². The van der Waals surface area contributed by atoms with Gasteiger partial charge in [-0.15, -0.1) is 11.3 Å². The third-order valence-corrected chi connectivity index (χ3v) is 5.61. The van der Waals surface area contributed by atoms with Crippen molar-refractivity contribution in [2.24, 2.45) is 5.92 Å². The number of nitrogens with zero attached hydrogens (tertiary/aromatic N) is 3. The maximum Gasteiger partial charge on any atom is 0.228 e. The molecular formula is C19H21N3O2S. The first-order valence-electron chi connectivity index (χ1n) is 8.59. The molecule has 6 heteroatoms. The van der Waals surface area contributed by atoms with E-state index in [0.29, 0.717) is 12.3 Å². The van der Waals surface area contributed by atoms with Crippen molar-refractivity contribution >= 4 is 22.2 Å². The lowest BCUT2D eigenvalue weighted by Crippen LogP contribution is -2.30. The number of thiazole rings is 1. The Balaban J connectivity index is 1.33. The van der Waals surface area contributed by atoms with E-state index in [0.717, 1.165) is 42.1 Å². The molecule has 0 unspecified atom stereocenters. The largest absolute Gasteiger partial charge is 0.392 e. The molecule has 1 saturated heterocycles. The van der Waals surface area contributed by atoms with Crippen molar-refractivity contribution in [3.63, 3.8) is 0 Å². The van der Waals surface area contributed by atoms with E-state index in [1.54, 1.807) is 11.3 Å². The van der Waals surface area contributed by atoms with Gasteiger partial charge in [-0.3, -0.25) is 9.20 Å². The van der Waals surface area contributed by atoms with Gasteiger partial charge in [0.05, 0.1) is 18.7 Å². The van der Waals surface area contributed by atoms with Crippen LogP contribution in [0.1, 0.15) is 23.2 Å². The Morgan fingerprint density at radius 2 is 2.08 bits per heavy atom. The molecule has 1 aromatic carbocycles. The second-order valence-electron chi connectivity index (χ2n) is 6.68. The summed E-state index contributed by atoms with van der Waals surface area (Å²) in [4.78, 5) is 20.0. The highest BCUT2D eigenvalue weighted by Crippen LogP contribution is 2.22. The van der Waals surface area contributed by atoms with Crippen LogP contribution in [0.3, 0.4) is 0 Å². The Kier molecular flexibility index (Phi) is 4.55. The standard InChI is InChI=1S/C19H21N3O2S/c23-13-15-3-1-14(2-4-15)9-16-5-6-21(11-16)18(24)10-17-12-22-7-8-25-19(22)20-17/h1-4,7-8,12,16,23H,5-6,9-11,13H2/t16-/m0/s1. The topological polar surface area (TPSA) is 57.8 Å². The molecule has 0 bridgehead atoms. The summed E-state index contributed by atoms with van der Waals surface area (Å²) < 4.78 is 1.97. The summed E-state index contributed by atoms with van der Waals surface area (Å²) in [5.41, 5.74) is 3.05. The van der Waals surface area contributed by atoms with Gasteiger partial charge in [-0.1, -0.05) is 24.3 Å². The van der Waals surface area contributed by atoms with Crippen LogP contribution in [0.15, 0.2) is 42.0 Å². The molecule has 4 rings (SSSR count). The average molecular weight is 355 g/mol. The number of likely N-dealkylation sites (tertiary alicyclic amines) is 1. The highest BCUT2D eigenvalue weighted by molar-refractivity contribution is 7.15. The van der Waals surface area contributed by atoms with E-state index in [9.17, 15) is 4.79 Å². The molecule has 1 fully saturated rings. The van der Waals surface area contributed by atoms with Crippen molar-refractivity contribution in [2.75, 3.05) is 13.1 Å². The summed E-state index contributed by atoms with van der Waals surface area (Å²) in [5, 5.41) is 11.1. The zero-order chi connectivity index (χ0) is 17.2. The molecule has 3 heterocycles. The van der Waals surface area contributed by atoms with Crippen molar-refractivity contribution in [3.8, 4) is 0 Å². The maximum absolute atomic E-state index is 12.5. The minimum atomic E-state index is 0.0811. The molecule has 5 nitrogen and oxygen atoms in total. The maximum atomic E-state index is 12.5. The van der Waals surface area contributed by atoms with Gasteiger partial charge in [0.1, 0.15) is 0 Å². The van der Waals surface area contributed by atoms with Gasteiger partial charge in [-0.05, 0) is 29.9 Å². The summed E-state index contributed by atoms with van der Waals surface area (Å²) in [7, 11) is 0. The fraction of sp³-hybridized carbons (Fsp3) is 0.368. The smallest absolute Gasteiger partial charge is 0.228 e. The van der Waals surface area contributed by atoms with Crippen molar-refractivity contribution in [1.29, 1.82) is 0 Å². The lowest BCUT2D eigenvalue weighted by atomic mass is 9.98. The van der Waals surface area contributed by atoms with Crippen LogP contribution < -0.4 is 0 Å². The summed E-state index contributed by atoms with van der Waals surface area (Å²) in [6, 6.07) is 8.09. The predicted molar refractivity (Wildman–Crippen MR) is 97.5 cm³/mol. The van der Waals surface area contributed by atoms with Crippen LogP contribution >= 0.6 is 11.3 Å². The first-order valence-corrected chi connectivity index (χ1v) is 9.47. The number of fused-ring (bicyclic) bond motifs is 1. The second-order valence-corrected chi connectivity index (χ2v) is 7.55. The lowest BCUT2D eigenvalue weighted by Gasteiger charge is -2.16. The Morgan fingerprint density at radius 1 is 1.28 bits per heavy atom. The van der Waals surface area contributed by atoms with Crippen molar-refractivity contribution < 1.29 is 9.90 Å². The van der Waals surface area contributed by atoms with Gasteiger partial charge >= 0.3 is 0 Å². The molecule has 2 aromatic heterocycles. The third kappa shape index (κ3) is 3.60. The lowest BCUT2D eigenvalue weighted by molar-refractivity contribution is -0.129. The van der Waals surface area contributed by atoms with Gasteiger partial charge in [0.2, 0.25) is 5.91 Å². The normalized spacial score (nSPS) is 17.5. The minimum Gasteiger partial charge on any atom is -0.392 e. The van der Waals surface area contributed by atoms with Crippen LogP contribution in [0.2, 0.25) is 0 Å². The number of rotatable bonds is 5. The number of amides is 1. The molecular weight excluding hydrogens is 334 g/mol. The third-order valence-electron chi connectivity index (χ3n) is 4.84. The fourth-order valence-electron chi connectivity index (χ4n) is 3.47. The average Bonchev–Trinajstić information content (AvgIpc) is 3.31. The fourth-order valence-corrected chi connectivity index (χ4v) is 4.19. The van der Waals surface area contributed by atoms with E-state index < -0.39 is 0 Å². The highest BCUT2D eigenvalue weighted by Gasteiger charge is 2.26. The Morgan fingerprint density at radius 3 is 2.84 bits per heavy atom. The highest BCUT2D eigenvalue weighted by atomic mass is 32.1. The van der Waals surface area contributed by atoms with Crippen LogP contribution in [0.5, 0.6) is 0 Å². The monoisotopic (exact) mass is 355 g/mol. The molecule has 0 spiro atoms. The zero-order valence-electron chi connectivity index (χ0n) is 14.0. The SMILES string of the molecule is O=C(Cc1cn2ccsc2n1)N1CC[C@@H](Cc2ccc(CO)cc2)C1. The first kappa shape index (κ1) is 16.3. The molecule has 1 amide bonds. The predicted octanol–water partition coefficient (Wildman–Crippen LogP) is 2.52. The first-order chi connectivity index (χ1) is 12.2. The quantitative estimate of drug-likeness (QED) is 0.765. The Hall–Kier alpha value is -2.18. The van der Waals surface area contributed by atoms with Gasteiger partial charge in [0.25, 0.3) is 0 Å². The second kappa shape index (κ2) is 6.98. The molecule has 3 aromatic rings. The summed E-state index contributed by atoms with van der Waals surface area (Å²) in [6.07, 6.45) is 6.32. The van der Waals surface area contributed by atoms with Crippen molar-refractivity contribution in [3.05, 3.63) is 58.9 Å². The molecule has 130 valence electrons. The van der Waals surface area contributed by atoms with Gasteiger partial charge in [0, 0.05) is 30.9 Å². The number of imidazole rings is 1. The molecule has 1 atom stereocenters. The number of aliphatic hydroxyl groups is 1. The van der Waals surface area contributed by atoms with Gasteiger partial charge in [-0.25, -0.2) is 4.98 Å². The molecule has 1 aliphatic heterocycles. The number of carbonyl (C=O) groups is 1. The van der Waals surface area contributed by atoms with Crippen molar-refractivity contribution in [1.82, 2.24) is 14.3 Å². The number of aliphatic hydroxyl groups excluding tert-OH is 1. The summed E-state index contributed by atoms with van der Waals surface area (Å²) >= 11 is 1.58. The van der Waals surface area contributed by atoms with Gasteiger partial charge in [-0.2, -0.15) is 0 Å². The molecule has 0 radical (unpaired) electrons. The van der Waals surface area contributed by atoms with Crippen LogP contribution in [-0.2, 0) is 24.2 Å². The Labute approximate surface area is 150 Å². The number of aromatic nitrogens is 2. The van der Waals surface area contributed by atoms with E-state index in [-0.39, 0.29) is 12.5 Å². The number of carbonyl (C=O) groups excluding carboxylic acids is 1. The van der Waals surface area contributed by atoms with Crippen LogP contribution in [0.25, 0.3) is 4.96 Å². The number of hydrogen-bond donors (Lipinski definition) is 1. The van der Waals surface area contributed by atoms with E-state index in [2.05, 4.69) is 17.1 Å². The molecule has 0 saturated carbocycles. The summed E-state index contributed by atoms with van der Waals surface area (Å²) in [6.45, 7) is 1.74. The van der Waals surface area contributed by atoms with Crippen LogP contribution in [0, 0.1) is 5.92 Å². The molecule has 0 aliphatic carbocycles. The Bertz CT molecular complexity index is 840. The summed E-state index contributed by atoms with van der Waals surface area (Å²) in [5.74, 6) is 0.679. The molecule has 25 heavy (non-hydrogen) atoms. The van der Waals surface area contributed by atoms with Gasteiger partial charge < -0.3 is 10.0 Å². The molecule has 1 aliphatic rings. The van der Waals surface area contributed by atoms with E-state index >= 15 is 0 Å². The number of benzene rings is 1. The molecule has 1 N–H and O–H groups in total. The zero-order valence-corrected chi connectivity index (χ0v) is 14.8. The van der Waals surface area contributed by atoms with Crippen LogP contribution in [-0.4, -0.2) is 38.4 Å².